The Morgan fingerprint density at radius 1 is 1.29 bits per heavy atom. The number of primary amides is 1. The van der Waals surface area contributed by atoms with Crippen molar-refractivity contribution in [3.63, 3.8) is 0 Å². The summed E-state index contributed by atoms with van der Waals surface area (Å²) >= 11 is 0. The molecule has 1 aliphatic rings. The van der Waals surface area contributed by atoms with E-state index >= 15 is 0 Å². The van der Waals surface area contributed by atoms with Gasteiger partial charge in [-0.2, -0.15) is 0 Å². The Morgan fingerprint density at radius 3 is 2.71 bits per heavy atom. The number of rotatable bonds is 9. The molecule has 132 valence electrons. The van der Waals surface area contributed by atoms with Gasteiger partial charge in [0.05, 0.1) is 19.1 Å². The summed E-state index contributed by atoms with van der Waals surface area (Å²) in [5.41, 5.74) is 6.30. The molecule has 1 aliphatic heterocycles. The third kappa shape index (κ3) is 5.32. The first kappa shape index (κ1) is 18.4. The van der Waals surface area contributed by atoms with E-state index in [1.165, 1.54) is 0 Å². The standard InChI is InChI=1S/C18H27N3O3/c1-2-9-20-16-13-24-12-15(16)18(23)21(10-8-17(19)22)11-14-6-4-3-5-7-14/h3-7,15-16,20H,2,8-13H2,1H3,(H2,19,22). The number of ether oxygens (including phenoxy) is 1. The Labute approximate surface area is 143 Å². The monoisotopic (exact) mass is 333 g/mol. The lowest BCUT2D eigenvalue weighted by molar-refractivity contribution is -0.137. The van der Waals surface area contributed by atoms with Crippen LogP contribution in [0.15, 0.2) is 30.3 Å². The van der Waals surface area contributed by atoms with Crippen LogP contribution < -0.4 is 11.1 Å². The number of nitrogens with zero attached hydrogens (tertiary/aromatic N) is 1. The van der Waals surface area contributed by atoms with Crippen LogP contribution in [0.25, 0.3) is 0 Å². The van der Waals surface area contributed by atoms with E-state index in [4.69, 9.17) is 10.5 Å². The van der Waals surface area contributed by atoms with Crippen LogP contribution in [0.3, 0.4) is 0 Å². The predicted molar refractivity (Wildman–Crippen MR) is 92.1 cm³/mol. The lowest BCUT2D eigenvalue weighted by Gasteiger charge is -2.27. The number of nitrogens with two attached hydrogens (primary N) is 1. The van der Waals surface area contributed by atoms with Crippen molar-refractivity contribution in [2.24, 2.45) is 11.7 Å². The number of hydrogen-bond acceptors (Lipinski definition) is 4. The molecule has 2 unspecified atom stereocenters. The van der Waals surface area contributed by atoms with Gasteiger partial charge in [0.1, 0.15) is 0 Å². The quantitative estimate of drug-likeness (QED) is 0.703. The molecular formula is C18H27N3O3. The van der Waals surface area contributed by atoms with Crippen LogP contribution in [-0.4, -0.2) is 49.1 Å². The minimum absolute atomic E-state index is 0.0196. The molecule has 24 heavy (non-hydrogen) atoms. The summed E-state index contributed by atoms with van der Waals surface area (Å²) in [6, 6.07) is 9.80. The van der Waals surface area contributed by atoms with Gasteiger partial charge in [-0.15, -0.1) is 0 Å². The Hall–Kier alpha value is -1.92. The van der Waals surface area contributed by atoms with Crippen molar-refractivity contribution >= 4 is 11.8 Å². The number of benzene rings is 1. The fourth-order valence-corrected chi connectivity index (χ4v) is 2.88. The van der Waals surface area contributed by atoms with Gasteiger partial charge in [-0.3, -0.25) is 9.59 Å². The van der Waals surface area contributed by atoms with Crippen molar-refractivity contribution in [2.75, 3.05) is 26.3 Å². The highest BCUT2D eigenvalue weighted by Gasteiger charge is 2.36. The van der Waals surface area contributed by atoms with Gasteiger partial charge < -0.3 is 20.7 Å². The Balaban J connectivity index is 2.06. The zero-order valence-corrected chi connectivity index (χ0v) is 14.2. The summed E-state index contributed by atoms with van der Waals surface area (Å²) in [6.07, 6.45) is 1.17. The second-order valence-corrected chi connectivity index (χ2v) is 6.17. The number of carbonyl (C=O) groups excluding carboxylic acids is 2. The van der Waals surface area contributed by atoms with Crippen molar-refractivity contribution in [3.8, 4) is 0 Å². The van der Waals surface area contributed by atoms with Crippen molar-refractivity contribution < 1.29 is 14.3 Å². The normalized spacial score (nSPS) is 20.0. The zero-order valence-electron chi connectivity index (χ0n) is 14.2. The summed E-state index contributed by atoms with van der Waals surface area (Å²) in [4.78, 5) is 25.9. The molecule has 0 aliphatic carbocycles. The molecule has 2 amide bonds. The Morgan fingerprint density at radius 2 is 2.04 bits per heavy atom. The average Bonchev–Trinajstić information content (AvgIpc) is 3.05. The number of amides is 2. The van der Waals surface area contributed by atoms with Gasteiger partial charge in [0, 0.05) is 25.6 Å². The molecule has 6 nitrogen and oxygen atoms in total. The lowest BCUT2D eigenvalue weighted by atomic mass is 10.0. The summed E-state index contributed by atoms with van der Waals surface area (Å²) in [7, 11) is 0. The molecule has 1 heterocycles. The second kappa shape index (κ2) is 9.39. The SMILES string of the molecule is CCCNC1COCC1C(=O)N(CCC(N)=O)Cc1ccccc1. The first-order valence-electron chi connectivity index (χ1n) is 8.54. The highest BCUT2D eigenvalue weighted by molar-refractivity contribution is 5.81. The third-order valence-electron chi connectivity index (χ3n) is 4.21. The predicted octanol–water partition coefficient (Wildman–Crippen LogP) is 0.905. The third-order valence-corrected chi connectivity index (χ3v) is 4.21. The van der Waals surface area contributed by atoms with E-state index in [9.17, 15) is 9.59 Å². The minimum Gasteiger partial charge on any atom is -0.379 e. The Kier molecular flexibility index (Phi) is 7.21. The lowest BCUT2D eigenvalue weighted by Crippen LogP contribution is -2.46. The average molecular weight is 333 g/mol. The van der Waals surface area contributed by atoms with Crippen molar-refractivity contribution in [1.29, 1.82) is 0 Å². The molecule has 2 atom stereocenters. The molecule has 0 radical (unpaired) electrons. The first-order valence-corrected chi connectivity index (χ1v) is 8.54. The minimum atomic E-state index is -0.399. The van der Waals surface area contributed by atoms with Crippen LogP contribution in [-0.2, 0) is 20.9 Å². The van der Waals surface area contributed by atoms with Gasteiger partial charge in [-0.1, -0.05) is 37.3 Å². The number of nitrogens with one attached hydrogen (secondary N) is 1. The van der Waals surface area contributed by atoms with Crippen LogP contribution >= 0.6 is 0 Å². The molecule has 6 heteroatoms. The summed E-state index contributed by atoms with van der Waals surface area (Å²) in [6.45, 7) is 4.73. The molecule has 1 aromatic rings. The molecule has 2 rings (SSSR count). The van der Waals surface area contributed by atoms with Crippen LogP contribution in [0.5, 0.6) is 0 Å². The van der Waals surface area contributed by atoms with Crippen molar-refractivity contribution in [2.45, 2.75) is 32.4 Å². The van der Waals surface area contributed by atoms with E-state index in [2.05, 4.69) is 12.2 Å². The van der Waals surface area contributed by atoms with Crippen LogP contribution in [0.2, 0.25) is 0 Å². The largest absolute Gasteiger partial charge is 0.379 e. The molecule has 1 fully saturated rings. The smallest absolute Gasteiger partial charge is 0.230 e. The van der Waals surface area contributed by atoms with Crippen LogP contribution in [0.1, 0.15) is 25.3 Å². The van der Waals surface area contributed by atoms with E-state index in [-0.39, 0.29) is 24.3 Å². The van der Waals surface area contributed by atoms with Gasteiger partial charge in [0.25, 0.3) is 0 Å². The van der Waals surface area contributed by atoms with Crippen molar-refractivity contribution in [3.05, 3.63) is 35.9 Å². The van der Waals surface area contributed by atoms with Crippen LogP contribution in [0, 0.1) is 5.92 Å². The number of carbonyl (C=O) groups is 2. The fraction of sp³-hybridized carbons (Fsp3) is 0.556. The molecular weight excluding hydrogens is 306 g/mol. The van der Waals surface area contributed by atoms with E-state index in [1.54, 1.807) is 4.90 Å². The first-order chi connectivity index (χ1) is 11.6. The summed E-state index contributed by atoms with van der Waals surface area (Å²) in [5, 5.41) is 3.38. The molecule has 1 aromatic carbocycles. The number of hydrogen-bond donors (Lipinski definition) is 2. The van der Waals surface area contributed by atoms with Gasteiger partial charge in [0.2, 0.25) is 11.8 Å². The molecule has 3 N–H and O–H groups in total. The highest BCUT2D eigenvalue weighted by atomic mass is 16.5. The zero-order chi connectivity index (χ0) is 17.4. The van der Waals surface area contributed by atoms with Gasteiger partial charge in [-0.25, -0.2) is 0 Å². The second-order valence-electron chi connectivity index (χ2n) is 6.17. The molecule has 1 saturated heterocycles. The van der Waals surface area contributed by atoms with E-state index < -0.39 is 5.91 Å². The maximum absolute atomic E-state index is 13.0. The van der Waals surface area contributed by atoms with E-state index in [0.29, 0.717) is 26.3 Å². The summed E-state index contributed by atoms with van der Waals surface area (Å²) in [5.74, 6) is -0.594. The molecule has 0 saturated carbocycles. The van der Waals surface area contributed by atoms with Gasteiger partial charge in [0.15, 0.2) is 0 Å². The maximum atomic E-state index is 13.0. The van der Waals surface area contributed by atoms with Crippen molar-refractivity contribution in [1.82, 2.24) is 10.2 Å². The van der Waals surface area contributed by atoms with E-state index in [1.807, 2.05) is 30.3 Å². The molecule has 0 spiro atoms. The molecule has 0 aromatic heterocycles. The summed E-state index contributed by atoms with van der Waals surface area (Å²) < 4.78 is 5.51. The highest BCUT2D eigenvalue weighted by Crippen LogP contribution is 2.19. The Bertz CT molecular complexity index is 536. The van der Waals surface area contributed by atoms with Crippen LogP contribution in [0.4, 0.5) is 0 Å². The van der Waals surface area contributed by atoms with Gasteiger partial charge >= 0.3 is 0 Å². The maximum Gasteiger partial charge on any atom is 0.230 e. The fourth-order valence-electron chi connectivity index (χ4n) is 2.88. The molecule has 0 bridgehead atoms. The van der Waals surface area contributed by atoms with Gasteiger partial charge in [-0.05, 0) is 18.5 Å². The topological polar surface area (TPSA) is 84.7 Å². The van der Waals surface area contributed by atoms with E-state index in [0.717, 1.165) is 18.5 Å².